The van der Waals surface area contributed by atoms with Crippen molar-refractivity contribution in [1.29, 1.82) is 0 Å². The van der Waals surface area contributed by atoms with Crippen molar-refractivity contribution in [3.05, 3.63) is 94.9 Å². The molecule has 0 atom stereocenters. The summed E-state index contributed by atoms with van der Waals surface area (Å²) in [6.45, 7) is 5.09. The number of pyridine rings is 1. The van der Waals surface area contributed by atoms with Crippen LogP contribution in [0.1, 0.15) is 24.8 Å². The van der Waals surface area contributed by atoms with Gasteiger partial charge in [-0.2, -0.15) is 0 Å². The van der Waals surface area contributed by atoms with E-state index in [1.54, 1.807) is 18.5 Å². The molecule has 6 nitrogen and oxygen atoms in total. The molecule has 1 aliphatic rings. The highest BCUT2D eigenvalue weighted by atomic mass is 19.1. The first-order valence-electron chi connectivity index (χ1n) is 12.9. The van der Waals surface area contributed by atoms with Gasteiger partial charge in [-0.15, -0.1) is 0 Å². The second kappa shape index (κ2) is 12.1. The van der Waals surface area contributed by atoms with E-state index in [9.17, 15) is 9.18 Å². The molecule has 0 aliphatic carbocycles. The third-order valence-corrected chi connectivity index (χ3v) is 6.99. The number of likely N-dealkylation sites (tertiary alicyclic amines) is 1. The lowest BCUT2D eigenvalue weighted by atomic mass is 9.96. The summed E-state index contributed by atoms with van der Waals surface area (Å²) in [7, 11) is 0. The van der Waals surface area contributed by atoms with Crippen LogP contribution >= 0.6 is 0 Å². The lowest BCUT2D eigenvalue weighted by Gasteiger charge is -2.32. The Kier molecular flexibility index (Phi) is 8.23. The first-order chi connectivity index (χ1) is 18.2. The minimum Gasteiger partial charge on any atom is -0.492 e. The molecule has 1 fully saturated rings. The maximum Gasteiger partial charge on any atom is 0.339 e. The van der Waals surface area contributed by atoms with Crippen LogP contribution < -0.4 is 15.7 Å². The second-order valence-corrected chi connectivity index (χ2v) is 9.59. The van der Waals surface area contributed by atoms with Gasteiger partial charge >= 0.3 is 5.63 Å². The quantitative estimate of drug-likeness (QED) is 0.236. The molecular formula is C30H32FN3O3. The molecule has 0 radical (unpaired) electrons. The van der Waals surface area contributed by atoms with Crippen molar-refractivity contribution in [2.75, 3.05) is 32.8 Å². The van der Waals surface area contributed by atoms with E-state index >= 15 is 0 Å². The zero-order valence-electron chi connectivity index (χ0n) is 20.9. The fourth-order valence-corrected chi connectivity index (χ4v) is 4.90. The Bertz CT molecular complexity index is 1370. The molecule has 0 unspecified atom stereocenters. The fraction of sp³-hybridized carbons (Fsp3) is 0.333. The maximum absolute atomic E-state index is 13.8. The van der Waals surface area contributed by atoms with Crippen molar-refractivity contribution in [1.82, 2.24) is 15.2 Å². The number of nitrogens with zero attached hydrogens (tertiary/aromatic N) is 2. The third-order valence-electron chi connectivity index (χ3n) is 6.99. The molecule has 7 heteroatoms. The highest BCUT2D eigenvalue weighted by molar-refractivity contribution is 5.87. The van der Waals surface area contributed by atoms with Crippen LogP contribution in [0.3, 0.4) is 0 Å². The first kappa shape index (κ1) is 25.1. The van der Waals surface area contributed by atoms with E-state index in [-0.39, 0.29) is 5.82 Å². The molecule has 5 rings (SSSR count). The number of nitrogens with one attached hydrogen (secondary N) is 1. The normalized spacial score (nSPS) is 14.7. The molecule has 0 amide bonds. The number of ether oxygens (including phenoxy) is 1. The Balaban J connectivity index is 1.06. The molecule has 1 aliphatic heterocycles. The summed E-state index contributed by atoms with van der Waals surface area (Å²) in [5, 5.41) is 4.20. The molecule has 1 N–H and O–H groups in total. The van der Waals surface area contributed by atoms with Gasteiger partial charge in [0.15, 0.2) is 0 Å². The van der Waals surface area contributed by atoms with Crippen LogP contribution in [0.2, 0.25) is 0 Å². The standard InChI is InChI=1S/C30H32FN3O3/c31-27-7-2-1-5-25(27)21-33-19-22-10-14-34(15-11-22)13-4-16-36-28-18-30(35)37-29-17-23(8-9-26(28)29)24-6-3-12-32-20-24/h1-3,5-9,12,17-18,20,22,33H,4,10-11,13-16,19,21H2. The minimum atomic E-state index is -0.420. The van der Waals surface area contributed by atoms with Gasteiger partial charge in [-0.1, -0.05) is 30.3 Å². The predicted octanol–water partition coefficient (Wildman–Crippen LogP) is 5.26. The summed E-state index contributed by atoms with van der Waals surface area (Å²) in [5.41, 5.74) is 2.71. The molecule has 0 bridgehead atoms. The number of piperidine rings is 1. The molecule has 37 heavy (non-hydrogen) atoms. The van der Waals surface area contributed by atoms with Gasteiger partial charge in [0.25, 0.3) is 0 Å². The molecule has 3 heterocycles. The van der Waals surface area contributed by atoms with Gasteiger partial charge < -0.3 is 19.4 Å². The van der Waals surface area contributed by atoms with Gasteiger partial charge in [-0.05, 0) is 74.6 Å². The van der Waals surface area contributed by atoms with Crippen molar-refractivity contribution in [2.45, 2.75) is 25.8 Å². The Morgan fingerprint density at radius 2 is 1.92 bits per heavy atom. The zero-order chi connectivity index (χ0) is 25.5. The Morgan fingerprint density at radius 3 is 2.73 bits per heavy atom. The van der Waals surface area contributed by atoms with Gasteiger partial charge in [0.2, 0.25) is 0 Å². The number of hydrogen-bond donors (Lipinski definition) is 1. The molecule has 2 aromatic carbocycles. The van der Waals surface area contributed by atoms with Crippen molar-refractivity contribution >= 4 is 11.0 Å². The van der Waals surface area contributed by atoms with Crippen molar-refractivity contribution in [2.24, 2.45) is 5.92 Å². The average molecular weight is 502 g/mol. The lowest BCUT2D eigenvalue weighted by Crippen LogP contribution is -2.38. The second-order valence-electron chi connectivity index (χ2n) is 9.59. The molecule has 0 spiro atoms. The molecule has 0 saturated carbocycles. The van der Waals surface area contributed by atoms with Crippen molar-refractivity contribution < 1.29 is 13.5 Å². The van der Waals surface area contributed by atoms with Gasteiger partial charge in [-0.25, -0.2) is 9.18 Å². The summed E-state index contributed by atoms with van der Waals surface area (Å²) < 4.78 is 25.2. The highest BCUT2D eigenvalue weighted by Crippen LogP contribution is 2.29. The van der Waals surface area contributed by atoms with E-state index < -0.39 is 5.63 Å². The number of fused-ring (bicyclic) bond motifs is 1. The van der Waals surface area contributed by atoms with Crippen LogP contribution in [0.15, 0.2) is 82.3 Å². The molecule has 4 aromatic rings. The highest BCUT2D eigenvalue weighted by Gasteiger charge is 2.19. The lowest BCUT2D eigenvalue weighted by molar-refractivity contribution is 0.169. The molecule has 2 aromatic heterocycles. The van der Waals surface area contributed by atoms with E-state index in [1.807, 2.05) is 42.5 Å². The monoisotopic (exact) mass is 501 g/mol. The van der Waals surface area contributed by atoms with E-state index in [0.29, 0.717) is 30.4 Å². The van der Waals surface area contributed by atoms with Crippen LogP contribution in [0.5, 0.6) is 5.75 Å². The maximum atomic E-state index is 13.8. The molecule has 1 saturated heterocycles. The zero-order valence-corrected chi connectivity index (χ0v) is 20.9. The van der Waals surface area contributed by atoms with Gasteiger partial charge in [0.05, 0.1) is 18.1 Å². The van der Waals surface area contributed by atoms with Gasteiger partial charge in [-0.3, -0.25) is 4.98 Å². The number of rotatable bonds is 10. The summed E-state index contributed by atoms with van der Waals surface area (Å²) >= 11 is 0. The molecule has 192 valence electrons. The molecular weight excluding hydrogens is 469 g/mol. The smallest absolute Gasteiger partial charge is 0.339 e. The summed E-state index contributed by atoms with van der Waals surface area (Å²) in [5.74, 6) is 1.03. The largest absolute Gasteiger partial charge is 0.492 e. The Labute approximate surface area is 216 Å². The minimum absolute atomic E-state index is 0.147. The van der Waals surface area contributed by atoms with Crippen LogP contribution in [0, 0.1) is 11.7 Å². The van der Waals surface area contributed by atoms with Crippen LogP contribution in [0.4, 0.5) is 4.39 Å². The fourth-order valence-electron chi connectivity index (χ4n) is 4.90. The van der Waals surface area contributed by atoms with Gasteiger partial charge in [0, 0.05) is 36.6 Å². The van der Waals surface area contributed by atoms with E-state index in [0.717, 1.165) is 67.5 Å². The van der Waals surface area contributed by atoms with Crippen LogP contribution in [-0.2, 0) is 6.54 Å². The van der Waals surface area contributed by atoms with Gasteiger partial charge in [0.1, 0.15) is 17.1 Å². The summed E-state index contributed by atoms with van der Waals surface area (Å²) in [6, 6.07) is 18.0. The Morgan fingerprint density at radius 1 is 1.05 bits per heavy atom. The number of halogens is 1. The van der Waals surface area contributed by atoms with Crippen molar-refractivity contribution in [3.63, 3.8) is 0 Å². The third kappa shape index (κ3) is 6.61. The number of aromatic nitrogens is 1. The van der Waals surface area contributed by atoms with E-state index in [1.165, 1.54) is 12.1 Å². The van der Waals surface area contributed by atoms with Crippen LogP contribution in [-0.4, -0.2) is 42.7 Å². The topological polar surface area (TPSA) is 67.6 Å². The summed E-state index contributed by atoms with van der Waals surface area (Å²) in [6.07, 6.45) is 6.66. The van der Waals surface area contributed by atoms with E-state index in [2.05, 4.69) is 15.2 Å². The van der Waals surface area contributed by atoms with Crippen LogP contribution in [0.25, 0.3) is 22.1 Å². The Hall–Kier alpha value is -3.55. The number of benzene rings is 2. The van der Waals surface area contributed by atoms with Crippen molar-refractivity contribution in [3.8, 4) is 16.9 Å². The van der Waals surface area contributed by atoms with E-state index in [4.69, 9.17) is 9.15 Å². The predicted molar refractivity (Wildman–Crippen MR) is 143 cm³/mol. The SMILES string of the molecule is O=c1cc(OCCCN2CCC(CNCc3ccccc3F)CC2)c2ccc(-c3cccnc3)cc2o1. The summed E-state index contributed by atoms with van der Waals surface area (Å²) in [4.78, 5) is 18.8. The number of hydrogen-bond acceptors (Lipinski definition) is 6. The average Bonchev–Trinajstić information content (AvgIpc) is 2.93. The first-order valence-corrected chi connectivity index (χ1v) is 12.9.